The lowest BCUT2D eigenvalue weighted by atomic mass is 10.1. The molecule has 0 saturated carbocycles. The summed E-state index contributed by atoms with van der Waals surface area (Å²) in [4.78, 5) is 15.3. The smallest absolute Gasteiger partial charge is 0.335 e. The van der Waals surface area contributed by atoms with E-state index in [0.717, 1.165) is 28.0 Å². The number of nitrogens with one attached hydrogen (secondary N) is 1. The van der Waals surface area contributed by atoms with E-state index >= 15 is 0 Å². The zero-order valence-corrected chi connectivity index (χ0v) is 12.6. The molecule has 0 unspecified atom stereocenters. The van der Waals surface area contributed by atoms with Gasteiger partial charge in [0.25, 0.3) is 0 Å². The van der Waals surface area contributed by atoms with Crippen LogP contribution in [0.15, 0.2) is 54.7 Å². The van der Waals surface area contributed by atoms with Crippen molar-refractivity contribution >= 4 is 28.2 Å². The number of nitrogens with zero attached hydrogens (tertiary/aromatic N) is 1. The first-order valence-electron chi connectivity index (χ1n) is 7.30. The van der Waals surface area contributed by atoms with E-state index in [1.165, 1.54) is 0 Å². The highest BCUT2D eigenvalue weighted by Crippen LogP contribution is 2.30. The maximum Gasteiger partial charge on any atom is 0.335 e. The summed E-state index contributed by atoms with van der Waals surface area (Å²) in [6.07, 6.45) is 1.72. The minimum absolute atomic E-state index is 0.258. The normalized spacial score (nSPS) is 10.5. The van der Waals surface area contributed by atoms with Crippen molar-refractivity contribution in [2.24, 2.45) is 0 Å². The predicted molar refractivity (Wildman–Crippen MR) is 89.6 cm³/mol. The van der Waals surface area contributed by atoms with Crippen molar-refractivity contribution < 1.29 is 14.6 Å². The summed E-state index contributed by atoms with van der Waals surface area (Å²) in [6.45, 7) is 2.51. The van der Waals surface area contributed by atoms with Gasteiger partial charge in [-0.25, -0.2) is 4.79 Å². The van der Waals surface area contributed by atoms with Gasteiger partial charge in [0.05, 0.1) is 12.2 Å². The molecule has 1 heterocycles. The molecule has 1 aromatic heterocycles. The largest absolute Gasteiger partial charge is 0.492 e. The van der Waals surface area contributed by atoms with Gasteiger partial charge in [-0.3, -0.25) is 4.98 Å². The summed E-state index contributed by atoms with van der Waals surface area (Å²) in [5.74, 6) is -0.192. The highest BCUT2D eigenvalue weighted by molar-refractivity contribution is 5.96. The average Bonchev–Trinajstić information content (AvgIpc) is 2.56. The molecule has 116 valence electrons. The molecule has 0 atom stereocenters. The Bertz CT molecular complexity index is 845. The maximum atomic E-state index is 10.9. The van der Waals surface area contributed by atoms with Crippen molar-refractivity contribution in [1.82, 2.24) is 4.98 Å². The van der Waals surface area contributed by atoms with Crippen LogP contribution < -0.4 is 10.1 Å². The van der Waals surface area contributed by atoms with Gasteiger partial charge in [0, 0.05) is 23.0 Å². The molecule has 0 bridgehead atoms. The Morgan fingerprint density at radius 2 is 1.96 bits per heavy atom. The molecule has 2 N–H and O–H groups in total. The van der Waals surface area contributed by atoms with E-state index in [2.05, 4.69) is 10.3 Å². The van der Waals surface area contributed by atoms with E-state index < -0.39 is 5.97 Å². The first-order valence-corrected chi connectivity index (χ1v) is 7.30. The highest BCUT2D eigenvalue weighted by atomic mass is 16.5. The predicted octanol–water partition coefficient (Wildman–Crippen LogP) is 4.08. The molecule has 2 aromatic carbocycles. The van der Waals surface area contributed by atoms with E-state index in [9.17, 15) is 4.79 Å². The number of aromatic carboxylic acids is 1. The van der Waals surface area contributed by atoms with Gasteiger partial charge in [-0.1, -0.05) is 12.1 Å². The SMILES string of the molecule is CCOc1cccc2c(Nc3ccc(C(=O)O)cc3)ccnc12. The fraction of sp³-hybridized carbons (Fsp3) is 0.111. The number of hydrogen-bond acceptors (Lipinski definition) is 4. The second-order valence-electron chi connectivity index (χ2n) is 4.95. The Balaban J connectivity index is 1.96. The third kappa shape index (κ3) is 3.08. The molecule has 0 radical (unpaired) electrons. The summed E-state index contributed by atoms with van der Waals surface area (Å²) < 4.78 is 5.61. The third-order valence-electron chi connectivity index (χ3n) is 3.44. The van der Waals surface area contributed by atoms with E-state index in [4.69, 9.17) is 9.84 Å². The lowest BCUT2D eigenvalue weighted by molar-refractivity contribution is 0.0697. The van der Waals surface area contributed by atoms with Crippen LogP contribution in [0.2, 0.25) is 0 Å². The first-order chi connectivity index (χ1) is 11.2. The second kappa shape index (κ2) is 6.36. The Morgan fingerprint density at radius 3 is 2.65 bits per heavy atom. The van der Waals surface area contributed by atoms with Crippen LogP contribution in [0.25, 0.3) is 10.9 Å². The fourth-order valence-electron chi connectivity index (χ4n) is 2.38. The van der Waals surface area contributed by atoms with Crippen LogP contribution in [0.3, 0.4) is 0 Å². The quantitative estimate of drug-likeness (QED) is 0.743. The van der Waals surface area contributed by atoms with E-state index in [0.29, 0.717) is 6.61 Å². The highest BCUT2D eigenvalue weighted by Gasteiger charge is 2.08. The van der Waals surface area contributed by atoms with E-state index in [1.54, 1.807) is 30.5 Å². The van der Waals surface area contributed by atoms with Gasteiger partial charge in [-0.15, -0.1) is 0 Å². The molecular weight excluding hydrogens is 292 g/mol. The van der Waals surface area contributed by atoms with Crippen LogP contribution in [-0.4, -0.2) is 22.7 Å². The molecule has 0 spiro atoms. The number of carboxylic acid groups (broad SMARTS) is 1. The van der Waals surface area contributed by atoms with Crippen LogP contribution >= 0.6 is 0 Å². The number of benzene rings is 2. The number of carboxylic acids is 1. The lowest BCUT2D eigenvalue weighted by Crippen LogP contribution is -1.98. The van der Waals surface area contributed by atoms with Crippen molar-refractivity contribution in [2.45, 2.75) is 6.92 Å². The molecule has 0 saturated heterocycles. The summed E-state index contributed by atoms with van der Waals surface area (Å²) in [5, 5.41) is 13.2. The van der Waals surface area contributed by atoms with Crippen LogP contribution in [0.1, 0.15) is 17.3 Å². The molecule has 3 rings (SSSR count). The topological polar surface area (TPSA) is 71.5 Å². The molecule has 3 aromatic rings. The molecular formula is C18H16N2O3. The molecule has 0 aliphatic heterocycles. The number of hydrogen-bond donors (Lipinski definition) is 2. The van der Waals surface area contributed by atoms with E-state index in [1.807, 2.05) is 31.2 Å². The lowest BCUT2D eigenvalue weighted by Gasteiger charge is -2.12. The number of ether oxygens (including phenoxy) is 1. The molecule has 0 aliphatic carbocycles. The fourth-order valence-corrected chi connectivity index (χ4v) is 2.38. The number of para-hydroxylation sites is 1. The standard InChI is InChI=1S/C18H16N2O3/c1-2-23-16-5-3-4-14-15(10-11-19-17(14)16)20-13-8-6-12(7-9-13)18(21)22/h3-11H,2H2,1H3,(H,19,20)(H,21,22). The minimum Gasteiger partial charge on any atom is -0.492 e. The van der Waals surface area contributed by atoms with Gasteiger partial charge in [-0.2, -0.15) is 0 Å². The van der Waals surface area contributed by atoms with Crippen molar-refractivity contribution in [1.29, 1.82) is 0 Å². The Morgan fingerprint density at radius 1 is 1.17 bits per heavy atom. The first kappa shape index (κ1) is 14.8. The molecule has 5 nitrogen and oxygen atoms in total. The van der Waals surface area contributed by atoms with Crippen molar-refractivity contribution in [3.8, 4) is 5.75 Å². The molecule has 0 amide bonds. The average molecular weight is 308 g/mol. The monoisotopic (exact) mass is 308 g/mol. The Labute approximate surface area is 133 Å². The van der Waals surface area contributed by atoms with Crippen LogP contribution in [0.5, 0.6) is 5.75 Å². The summed E-state index contributed by atoms with van der Waals surface area (Å²) in [7, 11) is 0. The molecule has 23 heavy (non-hydrogen) atoms. The number of fused-ring (bicyclic) bond motifs is 1. The Hall–Kier alpha value is -3.08. The number of anilines is 2. The van der Waals surface area contributed by atoms with Crippen molar-refractivity contribution in [3.63, 3.8) is 0 Å². The number of rotatable bonds is 5. The zero-order valence-electron chi connectivity index (χ0n) is 12.6. The minimum atomic E-state index is -0.938. The van der Waals surface area contributed by atoms with Gasteiger partial charge in [0.1, 0.15) is 11.3 Å². The maximum absolute atomic E-state index is 10.9. The summed E-state index contributed by atoms with van der Waals surface area (Å²) in [5.41, 5.74) is 2.75. The van der Waals surface area contributed by atoms with Gasteiger partial charge < -0.3 is 15.2 Å². The van der Waals surface area contributed by atoms with Gasteiger partial charge >= 0.3 is 5.97 Å². The van der Waals surface area contributed by atoms with Gasteiger partial charge in [-0.05, 0) is 43.3 Å². The summed E-state index contributed by atoms with van der Waals surface area (Å²) >= 11 is 0. The number of pyridine rings is 1. The number of carbonyl (C=O) groups is 1. The third-order valence-corrected chi connectivity index (χ3v) is 3.44. The van der Waals surface area contributed by atoms with E-state index in [-0.39, 0.29) is 5.56 Å². The van der Waals surface area contributed by atoms with Crippen LogP contribution in [0.4, 0.5) is 11.4 Å². The molecule has 0 fully saturated rings. The zero-order chi connectivity index (χ0) is 16.2. The number of aromatic nitrogens is 1. The van der Waals surface area contributed by atoms with Gasteiger partial charge in [0.15, 0.2) is 0 Å². The summed E-state index contributed by atoms with van der Waals surface area (Å²) in [6, 6.07) is 14.3. The van der Waals surface area contributed by atoms with Crippen molar-refractivity contribution in [2.75, 3.05) is 11.9 Å². The van der Waals surface area contributed by atoms with Crippen molar-refractivity contribution in [3.05, 3.63) is 60.3 Å². The molecule has 0 aliphatic rings. The molecule has 5 heteroatoms. The Kier molecular flexibility index (Phi) is 4.10. The second-order valence-corrected chi connectivity index (χ2v) is 4.95. The van der Waals surface area contributed by atoms with Crippen LogP contribution in [0, 0.1) is 0 Å². The van der Waals surface area contributed by atoms with Gasteiger partial charge in [0.2, 0.25) is 0 Å². The van der Waals surface area contributed by atoms with Crippen LogP contribution in [-0.2, 0) is 0 Å².